The first-order valence-corrected chi connectivity index (χ1v) is 15.1. The second-order valence-electron chi connectivity index (χ2n) is 11.8. The summed E-state index contributed by atoms with van der Waals surface area (Å²) in [6.45, 7) is 4.06. The van der Waals surface area contributed by atoms with Crippen molar-refractivity contribution in [3.05, 3.63) is 70.3 Å². The van der Waals surface area contributed by atoms with E-state index >= 15 is 0 Å². The van der Waals surface area contributed by atoms with Gasteiger partial charge in [-0.15, -0.1) is 0 Å². The van der Waals surface area contributed by atoms with Gasteiger partial charge in [-0.3, -0.25) is 4.79 Å². The molecule has 2 aromatic carbocycles. The molecule has 3 atom stereocenters. The van der Waals surface area contributed by atoms with Crippen molar-refractivity contribution in [1.29, 1.82) is 0 Å². The van der Waals surface area contributed by atoms with E-state index in [4.69, 9.17) is 21.1 Å². The number of methoxy groups -OCH3 is 1. The lowest BCUT2D eigenvalue weighted by Crippen LogP contribution is -2.50. The minimum Gasteiger partial charge on any atom is -0.490 e. The van der Waals surface area contributed by atoms with E-state index in [1.807, 2.05) is 24.3 Å². The maximum atomic E-state index is 13.4. The first-order valence-electron chi connectivity index (χ1n) is 14.7. The number of allylic oxidation sites excluding steroid dienone is 1. The van der Waals surface area contributed by atoms with E-state index in [0.29, 0.717) is 24.5 Å². The third-order valence-electron chi connectivity index (χ3n) is 9.19. The second kappa shape index (κ2) is 12.1. The van der Waals surface area contributed by atoms with Crippen LogP contribution in [0.1, 0.15) is 62.1 Å². The molecule has 2 bridgehead atoms. The van der Waals surface area contributed by atoms with Gasteiger partial charge < -0.3 is 24.4 Å². The highest BCUT2D eigenvalue weighted by molar-refractivity contribution is 6.30. The lowest BCUT2D eigenvalue weighted by Gasteiger charge is -2.41. The molecule has 0 fully saturated rings. The average molecular weight is 581 g/mol. The number of likely N-dealkylation sites (N-methyl/N-ethyl adjacent to an activating group) is 1. The van der Waals surface area contributed by atoms with Gasteiger partial charge in [0.25, 0.3) is 0 Å². The monoisotopic (exact) mass is 580 g/mol. The number of carbonyl (C=O) groups is 2. The smallest absolute Gasteiger partial charge is 0.343 e. The second-order valence-corrected chi connectivity index (χ2v) is 12.3. The molecule has 0 saturated heterocycles. The lowest BCUT2D eigenvalue weighted by molar-refractivity contribution is -0.175. The SMILES string of the molecule is COC(=O)[C@]1(O)c2ccc3c(c2)N(CCCCC/C=C\CN(C)C(=O)[C@@H]1C)C[C@@]1(CCCc2cc(Cl)ccc21)CO3. The number of hydrogen-bond donors (Lipinski definition) is 1. The van der Waals surface area contributed by atoms with Crippen molar-refractivity contribution in [3.63, 3.8) is 0 Å². The summed E-state index contributed by atoms with van der Waals surface area (Å²) >= 11 is 6.38. The summed E-state index contributed by atoms with van der Waals surface area (Å²) in [5.41, 5.74) is 1.32. The van der Waals surface area contributed by atoms with Gasteiger partial charge in [-0.1, -0.05) is 42.3 Å². The fourth-order valence-electron chi connectivity index (χ4n) is 6.78. The summed E-state index contributed by atoms with van der Waals surface area (Å²) < 4.78 is 11.6. The van der Waals surface area contributed by atoms with Gasteiger partial charge in [-0.05, 0) is 86.4 Å². The first kappa shape index (κ1) is 29.5. The molecule has 41 heavy (non-hydrogen) atoms. The maximum Gasteiger partial charge on any atom is 0.343 e. The molecule has 0 aromatic heterocycles. The van der Waals surface area contributed by atoms with Gasteiger partial charge in [0.2, 0.25) is 5.91 Å². The molecule has 1 spiro atoms. The van der Waals surface area contributed by atoms with Gasteiger partial charge in [-0.25, -0.2) is 4.79 Å². The minimum absolute atomic E-state index is 0.217. The Kier molecular flexibility index (Phi) is 8.67. The van der Waals surface area contributed by atoms with E-state index in [9.17, 15) is 14.7 Å². The van der Waals surface area contributed by atoms with Gasteiger partial charge in [0.15, 0.2) is 5.60 Å². The molecular weight excluding hydrogens is 540 g/mol. The number of fused-ring (bicyclic) bond motifs is 3. The van der Waals surface area contributed by atoms with Crippen LogP contribution in [-0.4, -0.2) is 62.3 Å². The van der Waals surface area contributed by atoms with E-state index in [1.165, 1.54) is 23.1 Å². The predicted molar refractivity (Wildman–Crippen MR) is 161 cm³/mol. The minimum atomic E-state index is -2.17. The van der Waals surface area contributed by atoms with Gasteiger partial charge in [-0.2, -0.15) is 0 Å². The number of carbonyl (C=O) groups excluding carboxylic acids is 2. The Morgan fingerprint density at radius 1 is 1.12 bits per heavy atom. The van der Waals surface area contributed by atoms with Crippen molar-refractivity contribution in [2.45, 2.75) is 62.9 Å². The summed E-state index contributed by atoms with van der Waals surface area (Å²) in [7, 11) is 2.92. The summed E-state index contributed by atoms with van der Waals surface area (Å²) in [4.78, 5) is 30.5. The predicted octanol–water partition coefficient (Wildman–Crippen LogP) is 5.40. The van der Waals surface area contributed by atoms with E-state index in [2.05, 4.69) is 23.1 Å². The van der Waals surface area contributed by atoms with Crippen LogP contribution in [-0.2, 0) is 31.8 Å². The normalized spacial score (nSPS) is 27.9. The van der Waals surface area contributed by atoms with Crippen molar-refractivity contribution in [3.8, 4) is 5.75 Å². The number of aliphatic hydroxyl groups is 1. The molecule has 2 aliphatic heterocycles. The van der Waals surface area contributed by atoms with Gasteiger partial charge in [0.05, 0.1) is 25.3 Å². The van der Waals surface area contributed by atoms with E-state index in [-0.39, 0.29) is 11.3 Å². The molecule has 7 nitrogen and oxygen atoms in total. The number of benzene rings is 2. The van der Waals surface area contributed by atoms with Gasteiger partial charge >= 0.3 is 5.97 Å². The van der Waals surface area contributed by atoms with Crippen molar-refractivity contribution in [2.24, 2.45) is 5.92 Å². The fraction of sp³-hybridized carbons (Fsp3) is 0.515. The number of nitrogens with zero attached hydrogens (tertiary/aromatic N) is 2. The highest BCUT2D eigenvalue weighted by Crippen LogP contribution is 2.46. The van der Waals surface area contributed by atoms with Crippen LogP contribution in [0, 0.1) is 5.92 Å². The van der Waals surface area contributed by atoms with Crippen LogP contribution in [0.2, 0.25) is 5.02 Å². The van der Waals surface area contributed by atoms with Crippen LogP contribution >= 0.6 is 11.6 Å². The summed E-state index contributed by atoms with van der Waals surface area (Å²) in [5.74, 6) is -1.56. The Hall–Kier alpha value is -3.03. The Morgan fingerprint density at radius 2 is 1.95 bits per heavy atom. The number of ether oxygens (including phenoxy) is 2. The average Bonchev–Trinajstić information content (AvgIpc) is 3.13. The lowest BCUT2D eigenvalue weighted by atomic mass is 9.70. The van der Waals surface area contributed by atoms with Crippen LogP contribution in [0.15, 0.2) is 48.6 Å². The molecule has 2 aromatic rings. The van der Waals surface area contributed by atoms with Crippen LogP contribution in [0.5, 0.6) is 5.75 Å². The van der Waals surface area contributed by atoms with E-state index in [0.717, 1.165) is 68.7 Å². The number of aryl methyl sites for hydroxylation is 1. The van der Waals surface area contributed by atoms with Crippen molar-refractivity contribution >= 4 is 29.2 Å². The molecule has 1 amide bonds. The standard InChI is InChI=1S/C33H41ClN2O5/c1-23-30(37)35(2)17-8-6-4-5-7-9-18-36-21-32(16-10-11-24-19-26(34)13-14-27(24)32)22-41-29-15-12-25(20-28(29)36)33(23,39)31(38)40-3/h6,8,12-15,19-20,23,39H,4-5,7,9-11,16-18,21-22H2,1-3H3/b8-6-/t23-,32-,33+/m0/s1. The molecule has 1 N–H and O–H groups in total. The Labute approximate surface area is 248 Å². The van der Waals surface area contributed by atoms with Crippen molar-refractivity contribution in [1.82, 2.24) is 4.90 Å². The highest BCUT2D eigenvalue weighted by atomic mass is 35.5. The number of rotatable bonds is 1. The maximum absolute atomic E-state index is 13.4. The molecule has 5 rings (SSSR count). The third-order valence-corrected chi connectivity index (χ3v) is 9.43. The van der Waals surface area contributed by atoms with Gasteiger partial charge in [0, 0.05) is 37.1 Å². The summed E-state index contributed by atoms with van der Waals surface area (Å²) in [6.07, 6.45) is 11.2. The summed E-state index contributed by atoms with van der Waals surface area (Å²) in [5, 5.41) is 12.7. The third kappa shape index (κ3) is 5.59. The molecule has 8 heteroatoms. The molecule has 0 unspecified atom stereocenters. The molecule has 0 radical (unpaired) electrons. The number of hydrogen-bond acceptors (Lipinski definition) is 6. The Morgan fingerprint density at radius 3 is 2.76 bits per heavy atom. The zero-order valence-electron chi connectivity index (χ0n) is 24.3. The largest absolute Gasteiger partial charge is 0.490 e. The van der Waals surface area contributed by atoms with Crippen molar-refractivity contribution in [2.75, 3.05) is 45.3 Å². The Bertz CT molecular complexity index is 1330. The first-order chi connectivity index (χ1) is 19.7. The van der Waals surface area contributed by atoms with Crippen LogP contribution in [0.3, 0.4) is 0 Å². The molecule has 0 saturated carbocycles. The zero-order chi connectivity index (χ0) is 29.2. The number of amides is 1. The fourth-order valence-corrected chi connectivity index (χ4v) is 6.97. The molecular formula is C33H41ClN2O5. The van der Waals surface area contributed by atoms with Crippen LogP contribution in [0.4, 0.5) is 5.69 Å². The highest BCUT2D eigenvalue weighted by Gasteiger charge is 2.50. The molecule has 1 aliphatic carbocycles. The molecule has 220 valence electrons. The Balaban J connectivity index is 1.61. The number of halogens is 1. The zero-order valence-corrected chi connectivity index (χ0v) is 25.1. The molecule has 2 heterocycles. The van der Waals surface area contributed by atoms with Crippen molar-refractivity contribution < 1.29 is 24.2 Å². The number of anilines is 1. The van der Waals surface area contributed by atoms with Gasteiger partial charge in [0.1, 0.15) is 5.75 Å². The van der Waals surface area contributed by atoms with E-state index in [1.54, 1.807) is 20.0 Å². The van der Waals surface area contributed by atoms with E-state index < -0.39 is 17.5 Å². The molecule has 3 aliphatic rings. The quantitative estimate of drug-likeness (QED) is 0.359. The van der Waals surface area contributed by atoms with Crippen LogP contribution in [0.25, 0.3) is 0 Å². The topological polar surface area (TPSA) is 79.3 Å². The number of esters is 1. The summed E-state index contributed by atoms with van der Waals surface area (Å²) in [6, 6.07) is 11.5. The van der Waals surface area contributed by atoms with Crippen LogP contribution < -0.4 is 9.64 Å².